The smallest absolute Gasteiger partial charge is 0.387 e. The predicted molar refractivity (Wildman–Crippen MR) is 112 cm³/mol. The van der Waals surface area contributed by atoms with Crippen LogP contribution in [-0.4, -0.2) is 55.4 Å². The lowest BCUT2D eigenvalue weighted by Gasteiger charge is -2.16. The summed E-state index contributed by atoms with van der Waals surface area (Å²) in [4.78, 5) is 17.1. The molecule has 1 N–H and O–H groups in total. The Hall–Kier alpha value is -3.40. The molecule has 0 saturated heterocycles. The van der Waals surface area contributed by atoms with E-state index in [-0.39, 0.29) is 23.1 Å². The van der Waals surface area contributed by atoms with Crippen LogP contribution in [0.15, 0.2) is 36.7 Å². The molecule has 8 nitrogen and oxygen atoms in total. The Morgan fingerprint density at radius 2 is 2.00 bits per heavy atom. The summed E-state index contributed by atoms with van der Waals surface area (Å²) in [6.07, 6.45) is 5.07. The highest BCUT2D eigenvalue weighted by Gasteiger charge is 2.29. The summed E-state index contributed by atoms with van der Waals surface area (Å²) in [5.41, 5.74) is 1.64. The van der Waals surface area contributed by atoms with E-state index in [4.69, 9.17) is 18.9 Å². The highest BCUT2D eigenvalue weighted by Crippen LogP contribution is 2.37. The molecule has 1 aromatic carbocycles. The van der Waals surface area contributed by atoms with Crippen molar-refractivity contribution in [2.24, 2.45) is 0 Å². The quantitative estimate of drug-likeness (QED) is 0.479. The van der Waals surface area contributed by atoms with Gasteiger partial charge in [0.05, 0.1) is 25.6 Å². The number of nitrogens with zero attached hydrogens (tertiary/aromatic N) is 2. The first-order valence-electron chi connectivity index (χ1n) is 10.1. The van der Waals surface area contributed by atoms with Crippen molar-refractivity contribution in [3.05, 3.63) is 42.2 Å². The van der Waals surface area contributed by atoms with Gasteiger partial charge >= 0.3 is 6.61 Å². The highest BCUT2D eigenvalue weighted by atomic mass is 19.3. The molecule has 1 fully saturated rings. The molecule has 1 aliphatic carbocycles. The molecule has 1 amide bonds. The van der Waals surface area contributed by atoms with Gasteiger partial charge in [0.2, 0.25) is 0 Å². The largest absolute Gasteiger partial charge is 0.496 e. The highest BCUT2D eigenvalue weighted by molar-refractivity contribution is 6.01. The second-order valence-corrected chi connectivity index (χ2v) is 7.25. The zero-order valence-corrected chi connectivity index (χ0v) is 17.6. The van der Waals surface area contributed by atoms with Crippen molar-refractivity contribution in [2.45, 2.75) is 25.5 Å². The number of carbonyl (C=O) groups excluding carboxylic acids is 1. The summed E-state index contributed by atoms with van der Waals surface area (Å²) >= 11 is 0. The van der Waals surface area contributed by atoms with E-state index in [2.05, 4.69) is 10.3 Å². The number of imidazole rings is 1. The Balaban J connectivity index is 1.72. The van der Waals surface area contributed by atoms with Gasteiger partial charge in [0.1, 0.15) is 35.1 Å². The number of carbonyl (C=O) groups is 1. The minimum Gasteiger partial charge on any atom is -0.496 e. The zero-order chi connectivity index (χ0) is 22.7. The Kier molecular flexibility index (Phi) is 6.40. The standard InChI is InChI=1S/C22H23F2N3O5/c1-29-7-8-31-15-5-6-27-16(12-25-19(27)11-15)13-9-17(30-2)20(18(10-13)32-22(23)24)21(28)26-14-3-4-14/h5-6,9-12,14,22H,3-4,7-8H2,1-2H3,(H,26,28). The number of halogens is 2. The molecule has 1 aliphatic rings. The Labute approximate surface area is 183 Å². The molecular formula is C22H23F2N3O5. The minimum atomic E-state index is -3.10. The number of methoxy groups -OCH3 is 2. The first-order chi connectivity index (χ1) is 15.5. The number of alkyl halides is 2. The van der Waals surface area contributed by atoms with E-state index in [1.165, 1.54) is 13.2 Å². The predicted octanol–water partition coefficient (Wildman–Crippen LogP) is 3.53. The number of pyridine rings is 1. The van der Waals surface area contributed by atoms with Gasteiger partial charge in [-0.2, -0.15) is 8.78 Å². The maximum atomic E-state index is 13.1. The third-order valence-electron chi connectivity index (χ3n) is 4.98. The molecule has 32 heavy (non-hydrogen) atoms. The summed E-state index contributed by atoms with van der Waals surface area (Å²) < 4.78 is 48.7. The van der Waals surface area contributed by atoms with Gasteiger partial charge in [-0.05, 0) is 31.0 Å². The van der Waals surface area contributed by atoms with Crippen molar-refractivity contribution in [1.82, 2.24) is 14.7 Å². The van der Waals surface area contributed by atoms with Crippen LogP contribution < -0.4 is 19.5 Å². The van der Waals surface area contributed by atoms with Crippen LogP contribution in [0.3, 0.4) is 0 Å². The summed E-state index contributed by atoms with van der Waals surface area (Å²) in [5, 5.41) is 2.79. The topological polar surface area (TPSA) is 83.3 Å². The van der Waals surface area contributed by atoms with Gasteiger partial charge in [-0.25, -0.2) is 4.98 Å². The van der Waals surface area contributed by atoms with Crippen molar-refractivity contribution in [1.29, 1.82) is 0 Å². The number of ether oxygens (including phenoxy) is 4. The SMILES string of the molecule is COCCOc1ccn2c(-c3cc(OC)c(C(=O)NC4CC4)c(OC(F)F)c3)cnc2c1. The van der Waals surface area contributed by atoms with Crippen LogP contribution in [0.4, 0.5) is 8.78 Å². The number of nitrogens with one attached hydrogen (secondary N) is 1. The van der Waals surface area contributed by atoms with Crippen molar-refractivity contribution < 1.29 is 32.5 Å². The number of aromatic nitrogens is 2. The maximum Gasteiger partial charge on any atom is 0.387 e. The molecule has 0 aliphatic heterocycles. The van der Waals surface area contributed by atoms with Crippen LogP contribution in [0.25, 0.3) is 16.9 Å². The Bertz CT molecular complexity index is 1110. The monoisotopic (exact) mass is 447 g/mol. The first kappa shape index (κ1) is 21.8. The summed E-state index contributed by atoms with van der Waals surface area (Å²) in [6.45, 7) is -2.24. The van der Waals surface area contributed by atoms with E-state index in [9.17, 15) is 13.6 Å². The van der Waals surface area contributed by atoms with Crippen LogP contribution in [0.5, 0.6) is 17.2 Å². The summed E-state index contributed by atoms with van der Waals surface area (Å²) in [5.74, 6) is -0.0200. The van der Waals surface area contributed by atoms with E-state index in [1.54, 1.807) is 42.1 Å². The molecular weight excluding hydrogens is 424 g/mol. The average Bonchev–Trinajstić information content (AvgIpc) is 3.48. The van der Waals surface area contributed by atoms with Crippen LogP contribution in [0.1, 0.15) is 23.2 Å². The molecule has 0 spiro atoms. The van der Waals surface area contributed by atoms with Crippen molar-refractivity contribution in [2.75, 3.05) is 27.4 Å². The fourth-order valence-corrected chi connectivity index (χ4v) is 3.30. The fourth-order valence-electron chi connectivity index (χ4n) is 3.30. The fraction of sp³-hybridized carbons (Fsp3) is 0.364. The van der Waals surface area contributed by atoms with Gasteiger partial charge in [0.15, 0.2) is 0 Å². The molecule has 0 unspecified atom stereocenters. The first-order valence-corrected chi connectivity index (χ1v) is 10.1. The Morgan fingerprint density at radius 1 is 1.22 bits per heavy atom. The normalized spacial score (nSPS) is 13.4. The number of hydrogen-bond donors (Lipinski definition) is 1. The van der Waals surface area contributed by atoms with E-state index < -0.39 is 12.5 Å². The van der Waals surface area contributed by atoms with Crippen LogP contribution in [-0.2, 0) is 4.74 Å². The van der Waals surface area contributed by atoms with E-state index in [0.717, 1.165) is 12.8 Å². The molecule has 10 heteroatoms. The summed E-state index contributed by atoms with van der Waals surface area (Å²) in [7, 11) is 2.96. The lowest BCUT2D eigenvalue weighted by atomic mass is 10.1. The average molecular weight is 447 g/mol. The van der Waals surface area contributed by atoms with Crippen LogP contribution in [0, 0.1) is 0 Å². The van der Waals surface area contributed by atoms with Gasteiger partial charge in [0, 0.05) is 31.0 Å². The minimum absolute atomic E-state index is 0.0466. The molecule has 1 saturated carbocycles. The van der Waals surface area contributed by atoms with Crippen LogP contribution in [0.2, 0.25) is 0 Å². The van der Waals surface area contributed by atoms with Crippen molar-refractivity contribution >= 4 is 11.6 Å². The molecule has 0 atom stereocenters. The molecule has 0 radical (unpaired) electrons. The van der Waals surface area contributed by atoms with Crippen molar-refractivity contribution in [3.8, 4) is 28.5 Å². The van der Waals surface area contributed by atoms with Gasteiger partial charge < -0.3 is 24.3 Å². The lowest BCUT2D eigenvalue weighted by molar-refractivity contribution is -0.0502. The lowest BCUT2D eigenvalue weighted by Crippen LogP contribution is -2.26. The van der Waals surface area contributed by atoms with E-state index in [1.807, 2.05) is 0 Å². The number of hydrogen-bond acceptors (Lipinski definition) is 6. The van der Waals surface area contributed by atoms with Gasteiger partial charge in [-0.15, -0.1) is 0 Å². The maximum absolute atomic E-state index is 13.1. The molecule has 3 aromatic rings. The molecule has 2 aromatic heterocycles. The van der Waals surface area contributed by atoms with Gasteiger partial charge in [-0.1, -0.05) is 0 Å². The molecule has 4 rings (SSSR count). The third kappa shape index (κ3) is 4.75. The second kappa shape index (κ2) is 9.39. The van der Waals surface area contributed by atoms with Crippen LogP contribution >= 0.6 is 0 Å². The van der Waals surface area contributed by atoms with E-state index in [0.29, 0.717) is 35.9 Å². The molecule has 170 valence electrons. The summed E-state index contributed by atoms with van der Waals surface area (Å²) in [6, 6.07) is 6.56. The molecule has 2 heterocycles. The zero-order valence-electron chi connectivity index (χ0n) is 17.6. The number of rotatable bonds is 10. The number of fused-ring (bicyclic) bond motifs is 1. The number of amides is 1. The number of benzene rings is 1. The van der Waals surface area contributed by atoms with Gasteiger partial charge in [-0.3, -0.25) is 9.20 Å². The molecule has 0 bridgehead atoms. The van der Waals surface area contributed by atoms with Gasteiger partial charge in [0.25, 0.3) is 5.91 Å². The second-order valence-electron chi connectivity index (χ2n) is 7.25. The Morgan fingerprint density at radius 3 is 2.69 bits per heavy atom. The van der Waals surface area contributed by atoms with E-state index >= 15 is 0 Å². The third-order valence-corrected chi connectivity index (χ3v) is 4.98. The van der Waals surface area contributed by atoms with Crippen molar-refractivity contribution in [3.63, 3.8) is 0 Å².